The fourth-order valence-corrected chi connectivity index (χ4v) is 5.91. The van der Waals surface area contributed by atoms with Crippen molar-refractivity contribution in [3.63, 3.8) is 0 Å². The maximum absolute atomic E-state index is 12.8. The summed E-state index contributed by atoms with van der Waals surface area (Å²) in [6.45, 7) is 4.13. The zero-order valence-corrected chi connectivity index (χ0v) is 18.3. The molecule has 0 N–H and O–H groups in total. The summed E-state index contributed by atoms with van der Waals surface area (Å²) in [5.74, 6) is 1.14. The molecular weight excluding hydrogens is 396 g/mol. The molecule has 0 bridgehead atoms. The molecule has 0 radical (unpaired) electrons. The number of carbonyl (C=O) groups excluding carboxylic acids is 1. The average molecular weight is 421 g/mol. The molecule has 5 nitrogen and oxygen atoms in total. The highest BCUT2D eigenvalue weighted by Gasteiger charge is 2.50. The lowest BCUT2D eigenvalue weighted by molar-refractivity contribution is -0.121. The van der Waals surface area contributed by atoms with Gasteiger partial charge in [-0.3, -0.25) is 9.78 Å². The van der Waals surface area contributed by atoms with Gasteiger partial charge in [0.1, 0.15) is 6.07 Å². The van der Waals surface area contributed by atoms with E-state index in [1.54, 1.807) is 0 Å². The monoisotopic (exact) mass is 420 g/mol. The van der Waals surface area contributed by atoms with Gasteiger partial charge in [0.05, 0.1) is 22.5 Å². The normalized spacial score (nSPS) is 26.8. The Morgan fingerprint density at radius 3 is 2.72 bits per heavy atom. The van der Waals surface area contributed by atoms with Crippen LogP contribution in [0.5, 0.6) is 0 Å². The van der Waals surface area contributed by atoms with Gasteiger partial charge in [0.15, 0.2) is 11.6 Å². The molecule has 2 unspecified atom stereocenters. The number of pyridine rings is 1. The molecule has 3 aliphatic rings. The molecule has 158 valence electrons. The Labute approximate surface area is 187 Å². The summed E-state index contributed by atoms with van der Waals surface area (Å²) in [4.78, 5) is 27.6. The van der Waals surface area contributed by atoms with Gasteiger partial charge in [-0.15, -0.1) is 0 Å². The first kappa shape index (κ1) is 19.3. The third-order valence-electron chi connectivity index (χ3n) is 7.73. The van der Waals surface area contributed by atoms with Crippen molar-refractivity contribution in [2.24, 2.45) is 11.8 Å². The molecule has 3 aliphatic carbocycles. The van der Waals surface area contributed by atoms with Gasteiger partial charge >= 0.3 is 0 Å². The third-order valence-corrected chi connectivity index (χ3v) is 7.73. The van der Waals surface area contributed by atoms with Gasteiger partial charge in [0.2, 0.25) is 0 Å². The zero-order chi connectivity index (χ0) is 22.0. The van der Waals surface area contributed by atoms with Gasteiger partial charge in [-0.05, 0) is 49.3 Å². The minimum absolute atomic E-state index is 0.0322. The van der Waals surface area contributed by atoms with Crippen molar-refractivity contribution in [1.82, 2.24) is 15.0 Å². The fourth-order valence-electron chi connectivity index (χ4n) is 5.91. The van der Waals surface area contributed by atoms with Crippen molar-refractivity contribution in [3.05, 3.63) is 65.1 Å². The predicted molar refractivity (Wildman–Crippen MR) is 122 cm³/mol. The van der Waals surface area contributed by atoms with E-state index in [0.29, 0.717) is 5.92 Å². The van der Waals surface area contributed by atoms with Gasteiger partial charge in [-0.25, -0.2) is 9.97 Å². The number of ketones is 1. The van der Waals surface area contributed by atoms with Crippen LogP contribution in [-0.2, 0) is 16.6 Å². The van der Waals surface area contributed by atoms with Crippen molar-refractivity contribution in [1.29, 1.82) is 5.26 Å². The van der Waals surface area contributed by atoms with Crippen LogP contribution >= 0.6 is 0 Å². The van der Waals surface area contributed by atoms with Crippen molar-refractivity contribution < 1.29 is 4.79 Å². The van der Waals surface area contributed by atoms with Crippen LogP contribution in [0.15, 0.2) is 48.2 Å². The molecule has 1 aromatic carbocycles. The largest absolute Gasteiger partial charge is 0.293 e. The predicted octanol–water partition coefficient (Wildman–Crippen LogP) is 5.06. The summed E-state index contributed by atoms with van der Waals surface area (Å²) in [6.07, 6.45) is 7.86. The lowest BCUT2D eigenvalue weighted by Gasteiger charge is -2.45. The number of hydrogen-bond acceptors (Lipinski definition) is 5. The number of hydrogen-bond donors (Lipinski definition) is 0. The first-order valence-corrected chi connectivity index (χ1v) is 11.4. The third kappa shape index (κ3) is 2.69. The number of aromatic nitrogens is 3. The molecule has 6 rings (SSSR count). The molecule has 1 fully saturated rings. The number of nitriles is 1. The quantitative estimate of drug-likeness (QED) is 0.579. The van der Waals surface area contributed by atoms with Gasteiger partial charge in [0, 0.05) is 34.4 Å². The topological polar surface area (TPSA) is 79.5 Å². The maximum atomic E-state index is 12.8. The Morgan fingerprint density at radius 1 is 1.12 bits per heavy atom. The van der Waals surface area contributed by atoms with Crippen molar-refractivity contribution >= 4 is 16.7 Å². The molecule has 0 aliphatic heterocycles. The smallest absolute Gasteiger partial charge is 0.176 e. The molecule has 3 atom stereocenters. The highest BCUT2D eigenvalue weighted by Crippen LogP contribution is 2.52. The average Bonchev–Trinajstić information content (AvgIpc) is 3.66. The van der Waals surface area contributed by atoms with Gasteiger partial charge in [-0.1, -0.05) is 38.1 Å². The van der Waals surface area contributed by atoms with Crippen LogP contribution in [0.25, 0.3) is 22.3 Å². The molecule has 2 heterocycles. The summed E-state index contributed by atoms with van der Waals surface area (Å²) in [7, 11) is 0. The second kappa shape index (κ2) is 6.80. The maximum Gasteiger partial charge on any atom is 0.176 e. The highest BCUT2D eigenvalue weighted by atomic mass is 16.1. The van der Waals surface area contributed by atoms with Gasteiger partial charge in [-0.2, -0.15) is 5.26 Å². The van der Waals surface area contributed by atoms with Gasteiger partial charge < -0.3 is 0 Å². The summed E-state index contributed by atoms with van der Waals surface area (Å²) in [6, 6.07) is 12.2. The second-order valence-corrected chi connectivity index (χ2v) is 9.66. The Kier molecular flexibility index (Phi) is 4.10. The van der Waals surface area contributed by atoms with Crippen molar-refractivity contribution in [2.45, 2.75) is 50.9 Å². The van der Waals surface area contributed by atoms with E-state index in [0.717, 1.165) is 53.7 Å². The van der Waals surface area contributed by atoms with E-state index >= 15 is 0 Å². The number of fused-ring (bicyclic) bond motifs is 4. The summed E-state index contributed by atoms with van der Waals surface area (Å²) >= 11 is 0. The van der Waals surface area contributed by atoms with Crippen LogP contribution in [0.1, 0.15) is 56.0 Å². The summed E-state index contributed by atoms with van der Waals surface area (Å²) < 4.78 is 0. The lowest BCUT2D eigenvalue weighted by atomic mass is 9.57. The lowest BCUT2D eigenvalue weighted by Crippen LogP contribution is -2.46. The highest BCUT2D eigenvalue weighted by molar-refractivity contribution is 6.02. The Morgan fingerprint density at radius 2 is 1.94 bits per heavy atom. The first-order chi connectivity index (χ1) is 15.5. The summed E-state index contributed by atoms with van der Waals surface area (Å²) in [5, 5.41) is 10.7. The number of Topliss-reactive ketones (excluding diaryl/α,β-unsaturated/α-hetero) is 1. The number of rotatable bonds is 2. The summed E-state index contributed by atoms with van der Waals surface area (Å²) in [5.41, 5.74) is 5.14. The zero-order valence-electron chi connectivity index (χ0n) is 18.3. The number of para-hydroxylation sites is 1. The van der Waals surface area contributed by atoms with Gasteiger partial charge in [0.25, 0.3) is 0 Å². The number of nitrogens with zero attached hydrogens (tertiary/aromatic N) is 4. The van der Waals surface area contributed by atoms with Crippen molar-refractivity contribution in [3.8, 4) is 17.5 Å². The van der Waals surface area contributed by atoms with Crippen LogP contribution in [-0.4, -0.2) is 20.7 Å². The molecule has 0 amide bonds. The Bertz CT molecular complexity index is 1360. The molecule has 3 aromatic rings. The minimum Gasteiger partial charge on any atom is -0.293 e. The molecule has 5 heteroatoms. The van der Waals surface area contributed by atoms with Crippen LogP contribution in [0, 0.1) is 23.2 Å². The molecule has 0 saturated heterocycles. The van der Waals surface area contributed by atoms with E-state index in [1.165, 1.54) is 11.3 Å². The Balaban J connectivity index is 1.63. The van der Waals surface area contributed by atoms with E-state index in [-0.39, 0.29) is 23.2 Å². The van der Waals surface area contributed by atoms with Crippen LogP contribution in [0.3, 0.4) is 0 Å². The molecule has 2 aromatic heterocycles. The SMILES string of the molecule is CC1C(=O)C(C#N)=C[C@@]2(C)c3nc(-c4ccnc5ccccc45)nc(C4CC4)c3CCC12. The van der Waals surface area contributed by atoms with Crippen molar-refractivity contribution in [2.75, 3.05) is 0 Å². The van der Waals surface area contributed by atoms with E-state index in [1.807, 2.05) is 43.5 Å². The van der Waals surface area contributed by atoms with E-state index in [9.17, 15) is 10.1 Å². The van der Waals surface area contributed by atoms with Crippen LogP contribution < -0.4 is 0 Å². The van der Waals surface area contributed by atoms with Crippen LogP contribution in [0.2, 0.25) is 0 Å². The van der Waals surface area contributed by atoms with E-state index in [2.05, 4.69) is 24.0 Å². The molecule has 1 saturated carbocycles. The van der Waals surface area contributed by atoms with Crippen LogP contribution in [0.4, 0.5) is 0 Å². The molecule has 0 spiro atoms. The minimum atomic E-state index is -0.448. The molecular formula is C27H24N4O. The Hall–Kier alpha value is -3.39. The second-order valence-electron chi connectivity index (χ2n) is 9.66. The van der Waals surface area contributed by atoms with E-state index < -0.39 is 5.41 Å². The number of allylic oxidation sites excluding steroid dienone is 2. The number of benzene rings is 1. The molecule has 32 heavy (non-hydrogen) atoms. The van der Waals surface area contributed by atoms with E-state index in [4.69, 9.17) is 9.97 Å². The number of carbonyl (C=O) groups is 1. The standard InChI is InChI=1S/C27H24N4O/c1-15-21-10-9-20-23(16-7-8-16)30-26(19-11-12-29-22-6-4-3-5-18(19)22)31-25(20)27(21,2)13-17(14-28)24(15)32/h3-6,11-13,15-16,21H,7-10H2,1-2H3/t15?,21?,27-/m1/s1. The fraction of sp³-hybridized carbons (Fsp3) is 0.370. The first-order valence-electron chi connectivity index (χ1n) is 11.4.